The lowest BCUT2D eigenvalue weighted by Gasteiger charge is -2.10. The van der Waals surface area contributed by atoms with Crippen LogP contribution in [0.5, 0.6) is 11.5 Å². The molecule has 170 valence electrons. The molecule has 1 aromatic heterocycles. The van der Waals surface area contributed by atoms with E-state index in [1.807, 2.05) is 6.92 Å². The summed E-state index contributed by atoms with van der Waals surface area (Å²) in [6.07, 6.45) is -3.69. The number of ether oxygens (including phenoxy) is 2. The number of carbonyl (C=O) groups excluding carboxylic acids is 1. The van der Waals surface area contributed by atoms with Gasteiger partial charge in [0.2, 0.25) is 0 Å². The van der Waals surface area contributed by atoms with Crippen LogP contribution in [0.1, 0.15) is 35.0 Å². The molecule has 0 atom stereocenters. The molecule has 0 aliphatic rings. The lowest BCUT2D eigenvalue weighted by Crippen LogP contribution is -2.26. The molecule has 3 aromatic rings. The molecule has 0 aliphatic carbocycles. The highest BCUT2D eigenvalue weighted by Gasteiger charge is 2.30. The van der Waals surface area contributed by atoms with E-state index in [2.05, 4.69) is 10.4 Å². The Morgan fingerprint density at radius 1 is 1.09 bits per heavy atom. The fraction of sp³-hybridized carbons (Fsp3) is 0.304. The predicted octanol–water partition coefficient (Wildman–Crippen LogP) is 4.93. The Kier molecular flexibility index (Phi) is 7.07. The van der Waals surface area contributed by atoms with Crippen molar-refractivity contribution < 1.29 is 27.4 Å². The number of hydrogen-bond donors (Lipinski definition) is 1. The molecule has 9 heteroatoms. The van der Waals surface area contributed by atoms with Crippen LogP contribution in [0.3, 0.4) is 0 Å². The van der Waals surface area contributed by atoms with Crippen molar-refractivity contribution in [1.82, 2.24) is 15.1 Å². The number of carbonyl (C=O) groups is 1. The second kappa shape index (κ2) is 9.76. The van der Waals surface area contributed by atoms with Gasteiger partial charge in [-0.3, -0.25) is 9.48 Å². The van der Waals surface area contributed by atoms with Crippen LogP contribution >= 0.6 is 0 Å². The third kappa shape index (κ3) is 5.22. The van der Waals surface area contributed by atoms with Crippen molar-refractivity contribution in [2.75, 3.05) is 14.2 Å². The smallest absolute Gasteiger partial charge is 0.416 e. The van der Waals surface area contributed by atoms with E-state index >= 15 is 0 Å². The van der Waals surface area contributed by atoms with Crippen molar-refractivity contribution in [3.05, 3.63) is 65.4 Å². The molecule has 1 heterocycles. The van der Waals surface area contributed by atoms with Gasteiger partial charge in [0.1, 0.15) is 17.2 Å². The van der Waals surface area contributed by atoms with Gasteiger partial charge >= 0.3 is 6.18 Å². The Hall–Kier alpha value is -3.49. The number of aromatic nitrogens is 2. The van der Waals surface area contributed by atoms with Crippen LogP contribution in [0, 0.1) is 0 Å². The monoisotopic (exact) mass is 447 g/mol. The van der Waals surface area contributed by atoms with E-state index in [0.29, 0.717) is 40.6 Å². The first kappa shape index (κ1) is 23.2. The van der Waals surface area contributed by atoms with Crippen molar-refractivity contribution in [3.63, 3.8) is 0 Å². The summed E-state index contributed by atoms with van der Waals surface area (Å²) < 4.78 is 51.0. The second-order valence-corrected chi connectivity index (χ2v) is 7.08. The van der Waals surface area contributed by atoms with Gasteiger partial charge < -0.3 is 14.8 Å². The Morgan fingerprint density at radius 2 is 1.88 bits per heavy atom. The lowest BCUT2D eigenvalue weighted by molar-refractivity contribution is -0.137. The molecule has 0 bridgehead atoms. The third-order valence-corrected chi connectivity index (χ3v) is 4.84. The molecule has 3 rings (SSSR count). The number of nitrogens with one attached hydrogen (secondary N) is 1. The Bertz CT molecular complexity index is 1090. The first-order chi connectivity index (χ1) is 15.3. The summed E-state index contributed by atoms with van der Waals surface area (Å²) in [6.45, 7) is 2.42. The van der Waals surface area contributed by atoms with E-state index < -0.39 is 17.6 Å². The van der Waals surface area contributed by atoms with Gasteiger partial charge in [-0.05, 0) is 42.3 Å². The van der Waals surface area contributed by atoms with Crippen molar-refractivity contribution in [1.29, 1.82) is 0 Å². The zero-order valence-corrected chi connectivity index (χ0v) is 18.0. The minimum Gasteiger partial charge on any atom is -0.497 e. The normalized spacial score (nSPS) is 11.3. The number of nitrogens with zero attached hydrogens (tertiary/aromatic N) is 2. The summed E-state index contributed by atoms with van der Waals surface area (Å²) in [5.41, 5.74) is 1.14. The van der Waals surface area contributed by atoms with Crippen LogP contribution in [-0.4, -0.2) is 29.9 Å². The van der Waals surface area contributed by atoms with Crippen LogP contribution in [0.2, 0.25) is 0 Å². The number of alkyl halides is 3. The number of rotatable bonds is 8. The molecule has 0 unspecified atom stereocenters. The van der Waals surface area contributed by atoms with Crippen molar-refractivity contribution >= 4 is 5.91 Å². The van der Waals surface area contributed by atoms with E-state index in [0.717, 1.165) is 18.6 Å². The van der Waals surface area contributed by atoms with E-state index in [1.165, 1.54) is 19.2 Å². The predicted molar refractivity (Wildman–Crippen MR) is 114 cm³/mol. The van der Waals surface area contributed by atoms with Gasteiger partial charge in [-0.1, -0.05) is 19.1 Å². The summed E-state index contributed by atoms with van der Waals surface area (Å²) in [7, 11) is 3.08. The fourth-order valence-electron chi connectivity index (χ4n) is 3.25. The Morgan fingerprint density at radius 3 is 2.53 bits per heavy atom. The molecule has 0 aliphatic heterocycles. The fourth-order valence-corrected chi connectivity index (χ4v) is 3.25. The summed E-state index contributed by atoms with van der Waals surface area (Å²) in [5.74, 6) is 0.737. The molecule has 0 fully saturated rings. The van der Waals surface area contributed by atoms with E-state index in [9.17, 15) is 18.0 Å². The topological polar surface area (TPSA) is 65.4 Å². The maximum Gasteiger partial charge on any atom is 0.416 e. The zero-order valence-electron chi connectivity index (χ0n) is 18.0. The van der Waals surface area contributed by atoms with E-state index in [4.69, 9.17) is 9.47 Å². The Balaban J connectivity index is 1.85. The first-order valence-electron chi connectivity index (χ1n) is 10.0. The summed E-state index contributed by atoms with van der Waals surface area (Å²) in [6, 6.07) is 11.8. The molecule has 1 N–H and O–H groups in total. The summed E-state index contributed by atoms with van der Waals surface area (Å²) >= 11 is 0. The van der Waals surface area contributed by atoms with E-state index in [1.54, 1.807) is 36.1 Å². The molecule has 32 heavy (non-hydrogen) atoms. The molecule has 0 saturated carbocycles. The quantitative estimate of drug-likeness (QED) is 0.532. The van der Waals surface area contributed by atoms with E-state index in [-0.39, 0.29) is 6.54 Å². The number of methoxy groups -OCH3 is 2. The number of aryl methyl sites for hydroxylation is 1. The Labute approximate surface area is 184 Å². The standard InChI is InChI=1S/C23H24F3N3O3/c1-4-10-29-20(13-19(28-29)18-9-8-17(31-2)12-21(18)32-3)22(30)27-14-15-6-5-7-16(11-15)23(24,25)26/h5-9,11-13H,4,10,14H2,1-3H3,(H,27,30). The first-order valence-corrected chi connectivity index (χ1v) is 10.0. The van der Waals surface area contributed by atoms with Gasteiger partial charge in [-0.25, -0.2) is 0 Å². The van der Waals surface area contributed by atoms with Crippen LogP contribution in [0.15, 0.2) is 48.5 Å². The van der Waals surface area contributed by atoms with Gasteiger partial charge in [-0.15, -0.1) is 0 Å². The average molecular weight is 447 g/mol. The molecular formula is C23H24F3N3O3. The summed E-state index contributed by atoms with van der Waals surface area (Å²) in [4.78, 5) is 12.8. The van der Waals surface area contributed by atoms with Gasteiger partial charge in [0.05, 0.1) is 25.5 Å². The molecule has 1 amide bonds. The molecular weight excluding hydrogens is 423 g/mol. The molecule has 0 radical (unpaired) electrons. The average Bonchev–Trinajstić information content (AvgIpc) is 3.20. The number of amides is 1. The van der Waals surface area contributed by atoms with Crippen LogP contribution in [0.25, 0.3) is 11.3 Å². The molecule has 0 spiro atoms. The van der Waals surface area contributed by atoms with Crippen LogP contribution in [0.4, 0.5) is 13.2 Å². The minimum atomic E-state index is -4.44. The SMILES string of the molecule is CCCn1nc(-c2ccc(OC)cc2OC)cc1C(=O)NCc1cccc(C(F)(F)F)c1. The highest BCUT2D eigenvalue weighted by Crippen LogP contribution is 2.33. The molecule has 0 saturated heterocycles. The summed E-state index contributed by atoms with van der Waals surface area (Å²) in [5, 5.41) is 7.23. The molecule has 2 aromatic carbocycles. The lowest BCUT2D eigenvalue weighted by atomic mass is 10.1. The van der Waals surface area contributed by atoms with Gasteiger partial charge in [-0.2, -0.15) is 18.3 Å². The highest BCUT2D eigenvalue weighted by molar-refractivity contribution is 5.94. The van der Waals surface area contributed by atoms with Gasteiger partial charge in [0.25, 0.3) is 5.91 Å². The number of benzene rings is 2. The van der Waals surface area contributed by atoms with Crippen LogP contribution in [-0.2, 0) is 19.3 Å². The molecule has 6 nitrogen and oxygen atoms in total. The van der Waals surface area contributed by atoms with Gasteiger partial charge in [0, 0.05) is 24.7 Å². The van der Waals surface area contributed by atoms with Gasteiger partial charge in [0.15, 0.2) is 0 Å². The maximum absolute atomic E-state index is 12.9. The third-order valence-electron chi connectivity index (χ3n) is 4.84. The minimum absolute atomic E-state index is 0.0404. The number of hydrogen-bond acceptors (Lipinski definition) is 4. The largest absolute Gasteiger partial charge is 0.497 e. The van der Waals surface area contributed by atoms with Crippen molar-refractivity contribution in [2.24, 2.45) is 0 Å². The number of halogens is 3. The second-order valence-electron chi connectivity index (χ2n) is 7.08. The highest BCUT2D eigenvalue weighted by atomic mass is 19.4. The van der Waals surface area contributed by atoms with Crippen LogP contribution < -0.4 is 14.8 Å². The van der Waals surface area contributed by atoms with Crippen molar-refractivity contribution in [3.8, 4) is 22.8 Å². The van der Waals surface area contributed by atoms with Crippen molar-refractivity contribution in [2.45, 2.75) is 32.6 Å². The zero-order chi connectivity index (χ0) is 23.3. The maximum atomic E-state index is 12.9.